The van der Waals surface area contributed by atoms with E-state index in [2.05, 4.69) is 58.1 Å². The number of benzene rings is 2. The van der Waals surface area contributed by atoms with Crippen LogP contribution in [0, 0.1) is 0 Å². The second-order valence-electron chi connectivity index (χ2n) is 10.4. The fourth-order valence-electron chi connectivity index (χ4n) is 4.90. The van der Waals surface area contributed by atoms with E-state index in [0.29, 0.717) is 36.4 Å². The molecule has 2 atom stereocenters. The standard InChI is InChI=1S/C15H20F3N.C13H19N/c1-10(2)11-5-6-13-12(9-11)7-8-19(4)14(13,3)15(16,17)18;1-9(2)11-4-5-13-10(3)14-7-6-12(13)8-11/h5-6,9-10H,7-8H2,1-4H3;4-5,8-10,14H,6-7H2,1-3H3. The SMILES string of the molecule is CC(C)c1ccc2c(c1)CCN(C)C2(C)C(F)(F)F.CC(C)c1ccc2c(c1)CCNC2C. The van der Waals surface area contributed by atoms with Crippen LogP contribution in [0.25, 0.3) is 0 Å². The monoisotopic (exact) mass is 460 g/mol. The second kappa shape index (κ2) is 9.79. The summed E-state index contributed by atoms with van der Waals surface area (Å²) in [4.78, 5) is 1.41. The maximum absolute atomic E-state index is 13.5. The third-order valence-corrected chi connectivity index (χ3v) is 7.50. The van der Waals surface area contributed by atoms with Gasteiger partial charge in [-0.1, -0.05) is 64.1 Å². The highest BCUT2D eigenvalue weighted by Gasteiger charge is 2.56. The Kier molecular flexibility index (Phi) is 7.65. The lowest BCUT2D eigenvalue weighted by Gasteiger charge is -2.45. The van der Waals surface area contributed by atoms with Crippen molar-refractivity contribution < 1.29 is 13.2 Å². The molecule has 0 bridgehead atoms. The summed E-state index contributed by atoms with van der Waals surface area (Å²) in [7, 11) is 1.55. The molecule has 2 unspecified atom stereocenters. The summed E-state index contributed by atoms with van der Waals surface area (Å²) < 4.78 is 40.4. The lowest BCUT2D eigenvalue weighted by molar-refractivity contribution is -0.230. The molecule has 0 saturated carbocycles. The van der Waals surface area contributed by atoms with Crippen LogP contribution in [0.3, 0.4) is 0 Å². The minimum atomic E-state index is -4.27. The van der Waals surface area contributed by atoms with Gasteiger partial charge in [-0.2, -0.15) is 13.2 Å². The molecular weight excluding hydrogens is 421 g/mol. The summed E-state index contributed by atoms with van der Waals surface area (Å²) in [5.41, 5.74) is 4.96. The van der Waals surface area contributed by atoms with Gasteiger partial charge < -0.3 is 5.32 Å². The molecule has 4 rings (SSSR count). The Labute approximate surface area is 197 Å². The van der Waals surface area contributed by atoms with Crippen molar-refractivity contribution in [2.75, 3.05) is 20.1 Å². The van der Waals surface area contributed by atoms with Crippen molar-refractivity contribution >= 4 is 0 Å². The molecule has 0 spiro atoms. The van der Waals surface area contributed by atoms with Crippen molar-refractivity contribution in [1.82, 2.24) is 10.2 Å². The zero-order chi connectivity index (χ0) is 24.6. The first-order valence-electron chi connectivity index (χ1n) is 12.1. The molecule has 33 heavy (non-hydrogen) atoms. The van der Waals surface area contributed by atoms with Gasteiger partial charge >= 0.3 is 6.18 Å². The number of halogens is 3. The summed E-state index contributed by atoms with van der Waals surface area (Å²) in [6, 6.07) is 12.9. The number of nitrogens with one attached hydrogen (secondary N) is 1. The minimum absolute atomic E-state index is 0.335. The molecule has 0 aromatic heterocycles. The van der Waals surface area contributed by atoms with Gasteiger partial charge in [0.2, 0.25) is 0 Å². The lowest BCUT2D eigenvalue weighted by atomic mass is 9.80. The zero-order valence-corrected chi connectivity index (χ0v) is 21.1. The maximum atomic E-state index is 13.5. The number of hydrogen-bond donors (Lipinski definition) is 1. The topological polar surface area (TPSA) is 15.3 Å². The van der Waals surface area contributed by atoms with Gasteiger partial charge in [-0.3, -0.25) is 4.90 Å². The van der Waals surface area contributed by atoms with E-state index in [4.69, 9.17) is 0 Å². The van der Waals surface area contributed by atoms with Crippen LogP contribution in [0.15, 0.2) is 36.4 Å². The Morgan fingerprint density at radius 1 is 0.939 bits per heavy atom. The smallest absolute Gasteiger partial charge is 0.310 e. The Morgan fingerprint density at radius 3 is 2.09 bits per heavy atom. The molecule has 0 saturated heterocycles. The molecule has 0 aliphatic carbocycles. The summed E-state index contributed by atoms with van der Waals surface area (Å²) >= 11 is 0. The molecule has 0 amide bonds. The van der Waals surface area contributed by atoms with E-state index in [1.807, 2.05) is 12.1 Å². The van der Waals surface area contributed by atoms with Crippen molar-refractivity contribution in [2.45, 2.75) is 84.0 Å². The number of likely N-dealkylation sites (N-methyl/N-ethyl adjacent to an activating group) is 1. The van der Waals surface area contributed by atoms with Crippen LogP contribution in [0.4, 0.5) is 13.2 Å². The van der Waals surface area contributed by atoms with Crippen LogP contribution in [0.1, 0.15) is 92.8 Å². The summed E-state index contributed by atoms with van der Waals surface area (Å²) in [6.45, 7) is 13.7. The minimum Gasteiger partial charge on any atom is -0.310 e. The normalized spacial score (nSPS) is 23.1. The fraction of sp³-hybridized carbons (Fsp3) is 0.571. The van der Waals surface area contributed by atoms with Crippen molar-refractivity contribution in [2.24, 2.45) is 0 Å². The van der Waals surface area contributed by atoms with Gasteiger partial charge in [-0.05, 0) is 85.5 Å². The first kappa shape index (κ1) is 25.8. The van der Waals surface area contributed by atoms with Crippen LogP contribution >= 0.6 is 0 Å². The van der Waals surface area contributed by atoms with Crippen molar-refractivity contribution in [3.8, 4) is 0 Å². The Bertz CT molecular complexity index is 964. The number of hydrogen-bond acceptors (Lipinski definition) is 2. The van der Waals surface area contributed by atoms with E-state index in [1.165, 1.54) is 29.4 Å². The molecule has 5 heteroatoms. The van der Waals surface area contributed by atoms with Gasteiger partial charge in [0.1, 0.15) is 5.54 Å². The van der Waals surface area contributed by atoms with Crippen LogP contribution < -0.4 is 5.32 Å². The highest BCUT2D eigenvalue weighted by atomic mass is 19.4. The van der Waals surface area contributed by atoms with Crippen molar-refractivity contribution in [3.63, 3.8) is 0 Å². The molecule has 2 aliphatic rings. The molecule has 0 radical (unpaired) electrons. The molecule has 2 nitrogen and oxygen atoms in total. The van der Waals surface area contributed by atoms with E-state index >= 15 is 0 Å². The molecular formula is C28H39F3N2. The summed E-state index contributed by atoms with van der Waals surface area (Å²) in [6.07, 6.45) is -2.41. The highest BCUT2D eigenvalue weighted by Crippen LogP contribution is 2.46. The number of fused-ring (bicyclic) bond motifs is 2. The molecule has 2 aromatic carbocycles. The largest absolute Gasteiger partial charge is 0.410 e. The quantitative estimate of drug-likeness (QED) is 0.515. The van der Waals surface area contributed by atoms with Crippen LogP contribution in [-0.2, 0) is 18.4 Å². The lowest BCUT2D eigenvalue weighted by Crippen LogP contribution is -2.55. The maximum Gasteiger partial charge on any atom is 0.410 e. The number of alkyl halides is 3. The van der Waals surface area contributed by atoms with E-state index in [0.717, 1.165) is 17.7 Å². The van der Waals surface area contributed by atoms with E-state index in [-0.39, 0.29) is 0 Å². The molecule has 2 aliphatic heterocycles. The van der Waals surface area contributed by atoms with Gasteiger partial charge in [-0.25, -0.2) is 0 Å². The van der Waals surface area contributed by atoms with E-state index in [9.17, 15) is 13.2 Å². The third kappa shape index (κ3) is 5.14. The summed E-state index contributed by atoms with van der Waals surface area (Å²) in [5.74, 6) is 0.979. The molecule has 182 valence electrons. The van der Waals surface area contributed by atoms with Crippen LogP contribution in [-0.4, -0.2) is 31.2 Å². The van der Waals surface area contributed by atoms with Crippen LogP contribution in [0.5, 0.6) is 0 Å². The first-order valence-corrected chi connectivity index (χ1v) is 12.1. The van der Waals surface area contributed by atoms with Crippen molar-refractivity contribution in [3.05, 3.63) is 69.8 Å². The summed E-state index contributed by atoms with van der Waals surface area (Å²) in [5, 5.41) is 3.49. The Balaban J connectivity index is 0.000000194. The van der Waals surface area contributed by atoms with Crippen molar-refractivity contribution in [1.29, 1.82) is 0 Å². The molecule has 1 N–H and O–H groups in total. The highest BCUT2D eigenvalue weighted by molar-refractivity contribution is 5.41. The number of rotatable bonds is 2. The first-order chi connectivity index (χ1) is 15.4. The average Bonchev–Trinajstić information content (AvgIpc) is 2.75. The average molecular weight is 461 g/mol. The van der Waals surface area contributed by atoms with Gasteiger partial charge in [0.25, 0.3) is 0 Å². The zero-order valence-electron chi connectivity index (χ0n) is 21.1. The predicted octanol–water partition coefficient (Wildman–Crippen LogP) is 7.09. The van der Waals surface area contributed by atoms with Gasteiger partial charge in [-0.15, -0.1) is 0 Å². The van der Waals surface area contributed by atoms with E-state index in [1.54, 1.807) is 18.7 Å². The second-order valence-corrected chi connectivity index (χ2v) is 10.4. The number of nitrogens with zero attached hydrogens (tertiary/aromatic N) is 1. The Hall–Kier alpha value is -1.85. The fourth-order valence-corrected chi connectivity index (χ4v) is 4.90. The Morgan fingerprint density at radius 2 is 1.52 bits per heavy atom. The molecule has 2 heterocycles. The van der Waals surface area contributed by atoms with Gasteiger partial charge in [0, 0.05) is 12.6 Å². The van der Waals surface area contributed by atoms with E-state index < -0.39 is 11.7 Å². The molecule has 0 fully saturated rings. The molecule has 2 aromatic rings. The third-order valence-electron chi connectivity index (χ3n) is 7.50. The van der Waals surface area contributed by atoms with Gasteiger partial charge in [0.15, 0.2) is 0 Å². The van der Waals surface area contributed by atoms with Crippen LogP contribution in [0.2, 0.25) is 0 Å². The van der Waals surface area contributed by atoms with Gasteiger partial charge in [0.05, 0.1) is 0 Å². The predicted molar refractivity (Wildman–Crippen MR) is 131 cm³/mol.